The summed E-state index contributed by atoms with van der Waals surface area (Å²) in [7, 11) is 0. The van der Waals surface area contributed by atoms with E-state index in [0.717, 1.165) is 37.8 Å². The van der Waals surface area contributed by atoms with Crippen molar-refractivity contribution in [3.8, 4) is 11.8 Å². The molecule has 0 atom stereocenters. The first-order valence-corrected chi connectivity index (χ1v) is 8.16. The van der Waals surface area contributed by atoms with Gasteiger partial charge in [-0.3, -0.25) is 4.79 Å². The molecule has 124 valence electrons. The van der Waals surface area contributed by atoms with Crippen LogP contribution in [0.1, 0.15) is 57.4 Å². The summed E-state index contributed by atoms with van der Waals surface area (Å²) in [5.41, 5.74) is -0.404. The molecule has 1 aliphatic carbocycles. The zero-order chi connectivity index (χ0) is 16.8. The molecule has 3 nitrogen and oxygen atoms in total. The van der Waals surface area contributed by atoms with Crippen LogP contribution in [0.25, 0.3) is 0 Å². The predicted octanol–water partition coefficient (Wildman–Crippen LogP) is 4.74. The second kappa shape index (κ2) is 8.05. The zero-order valence-corrected chi connectivity index (χ0v) is 13.3. The Morgan fingerprint density at radius 2 is 1.96 bits per heavy atom. The number of ether oxygens (including phenoxy) is 1. The summed E-state index contributed by atoms with van der Waals surface area (Å²) in [5, 5.41) is 8.64. The number of hydrogen-bond acceptors (Lipinski definition) is 3. The van der Waals surface area contributed by atoms with E-state index in [-0.39, 0.29) is 5.92 Å². The monoisotopic (exact) mass is 321 g/mol. The number of halogens is 2. The van der Waals surface area contributed by atoms with Crippen molar-refractivity contribution in [2.45, 2.75) is 51.9 Å². The molecule has 0 heterocycles. The van der Waals surface area contributed by atoms with Gasteiger partial charge >= 0.3 is 5.97 Å². The smallest absolute Gasteiger partial charge is 0.314 e. The molecule has 2 rings (SSSR count). The Bertz CT molecular complexity index is 602. The van der Waals surface area contributed by atoms with E-state index in [1.54, 1.807) is 6.07 Å². The first-order valence-electron chi connectivity index (χ1n) is 8.16. The summed E-state index contributed by atoms with van der Waals surface area (Å²) < 4.78 is 32.3. The van der Waals surface area contributed by atoms with Crippen LogP contribution in [0.5, 0.6) is 5.75 Å². The minimum Gasteiger partial charge on any atom is -0.423 e. The maximum absolute atomic E-state index is 13.8. The molecule has 23 heavy (non-hydrogen) atoms. The van der Waals surface area contributed by atoms with Crippen LogP contribution in [0.2, 0.25) is 0 Å². The number of benzene rings is 1. The van der Waals surface area contributed by atoms with Gasteiger partial charge in [-0.15, -0.1) is 0 Å². The maximum Gasteiger partial charge on any atom is 0.314 e. The van der Waals surface area contributed by atoms with E-state index >= 15 is 0 Å². The third-order valence-corrected chi connectivity index (χ3v) is 4.52. The highest BCUT2D eigenvalue weighted by Crippen LogP contribution is 2.33. The van der Waals surface area contributed by atoms with Crippen molar-refractivity contribution in [3.05, 3.63) is 29.3 Å². The van der Waals surface area contributed by atoms with E-state index in [0.29, 0.717) is 5.92 Å². The lowest BCUT2D eigenvalue weighted by Gasteiger charge is -2.27. The number of nitriles is 1. The van der Waals surface area contributed by atoms with Crippen molar-refractivity contribution >= 4 is 5.97 Å². The van der Waals surface area contributed by atoms with Crippen LogP contribution in [-0.4, -0.2) is 5.97 Å². The Kier molecular flexibility index (Phi) is 6.09. The molecule has 1 saturated carbocycles. The molecule has 0 saturated heterocycles. The van der Waals surface area contributed by atoms with Crippen LogP contribution >= 0.6 is 0 Å². The first-order chi connectivity index (χ1) is 11.1. The van der Waals surface area contributed by atoms with Gasteiger partial charge in [-0.1, -0.05) is 26.2 Å². The third-order valence-electron chi connectivity index (χ3n) is 4.52. The lowest BCUT2D eigenvalue weighted by molar-refractivity contribution is -0.140. The van der Waals surface area contributed by atoms with Crippen molar-refractivity contribution < 1.29 is 18.3 Å². The summed E-state index contributed by atoms with van der Waals surface area (Å²) in [6.07, 6.45) is 6.98. The molecule has 0 amide bonds. The molecule has 0 aromatic heterocycles. The fraction of sp³-hybridized carbons (Fsp3) is 0.556. The van der Waals surface area contributed by atoms with Crippen LogP contribution < -0.4 is 4.74 Å². The molecule has 0 unspecified atom stereocenters. The Morgan fingerprint density at radius 1 is 1.26 bits per heavy atom. The number of esters is 1. The number of carbonyl (C=O) groups excluding carboxylic acids is 1. The number of carbonyl (C=O) groups is 1. The van der Waals surface area contributed by atoms with E-state index in [1.807, 2.05) is 0 Å². The molecule has 5 heteroatoms. The van der Waals surface area contributed by atoms with E-state index in [9.17, 15) is 13.6 Å². The molecule has 0 aliphatic heterocycles. The lowest BCUT2D eigenvalue weighted by Crippen LogP contribution is -2.26. The topological polar surface area (TPSA) is 50.1 Å². The van der Waals surface area contributed by atoms with Crippen molar-refractivity contribution in [2.24, 2.45) is 11.8 Å². The number of hydrogen-bond donors (Lipinski definition) is 0. The molecule has 1 aliphatic rings. The quantitative estimate of drug-likeness (QED) is 0.581. The Morgan fingerprint density at radius 3 is 2.57 bits per heavy atom. The molecule has 1 aromatic rings. The van der Waals surface area contributed by atoms with Crippen LogP contribution in [0, 0.1) is 34.8 Å². The lowest BCUT2D eigenvalue weighted by atomic mass is 9.80. The van der Waals surface area contributed by atoms with Gasteiger partial charge in [0, 0.05) is 0 Å². The predicted molar refractivity (Wildman–Crippen MR) is 81.7 cm³/mol. The Labute approximate surface area is 135 Å². The van der Waals surface area contributed by atoms with Gasteiger partial charge in [0.05, 0.1) is 11.5 Å². The highest BCUT2D eigenvalue weighted by atomic mass is 19.2. The highest BCUT2D eigenvalue weighted by Gasteiger charge is 2.28. The zero-order valence-electron chi connectivity index (χ0n) is 13.3. The van der Waals surface area contributed by atoms with Crippen molar-refractivity contribution in [3.63, 3.8) is 0 Å². The second-order valence-corrected chi connectivity index (χ2v) is 6.13. The van der Waals surface area contributed by atoms with Gasteiger partial charge in [-0.05, 0) is 43.7 Å². The first kappa shape index (κ1) is 17.4. The normalized spacial score (nSPS) is 20.8. The van der Waals surface area contributed by atoms with Gasteiger partial charge in [0.1, 0.15) is 6.07 Å². The van der Waals surface area contributed by atoms with Crippen LogP contribution in [0.15, 0.2) is 12.1 Å². The van der Waals surface area contributed by atoms with Crippen molar-refractivity contribution in [1.29, 1.82) is 5.26 Å². The average Bonchev–Trinajstić information content (AvgIpc) is 2.57. The van der Waals surface area contributed by atoms with Crippen LogP contribution in [0.4, 0.5) is 8.78 Å². The summed E-state index contributed by atoms with van der Waals surface area (Å²) >= 11 is 0. The van der Waals surface area contributed by atoms with Gasteiger partial charge in [0.15, 0.2) is 11.6 Å². The van der Waals surface area contributed by atoms with E-state index in [2.05, 4.69) is 6.92 Å². The Balaban J connectivity index is 1.93. The Hall–Kier alpha value is -1.96. The fourth-order valence-electron chi connectivity index (χ4n) is 3.07. The molecule has 1 aromatic carbocycles. The van der Waals surface area contributed by atoms with Crippen LogP contribution in [-0.2, 0) is 4.79 Å². The van der Waals surface area contributed by atoms with Crippen molar-refractivity contribution in [2.75, 3.05) is 0 Å². The molecule has 0 radical (unpaired) electrons. The average molecular weight is 321 g/mol. The molecule has 0 spiro atoms. The van der Waals surface area contributed by atoms with E-state index < -0.39 is 28.9 Å². The molecule has 0 N–H and O–H groups in total. The number of rotatable bonds is 5. The summed E-state index contributed by atoms with van der Waals surface area (Å²) in [6, 6.07) is 3.79. The maximum atomic E-state index is 13.8. The SMILES string of the molecule is CCCCC1CCC(C(=O)Oc2ccc(C#N)c(F)c2F)CC1. The summed E-state index contributed by atoms with van der Waals surface area (Å²) in [5.74, 6) is -3.12. The number of nitrogens with zero attached hydrogens (tertiary/aromatic N) is 1. The molecule has 0 bridgehead atoms. The minimum atomic E-state index is -1.28. The number of unbranched alkanes of at least 4 members (excludes halogenated alkanes) is 1. The van der Waals surface area contributed by atoms with E-state index in [1.165, 1.54) is 19.3 Å². The van der Waals surface area contributed by atoms with E-state index in [4.69, 9.17) is 10.00 Å². The third kappa shape index (κ3) is 4.28. The van der Waals surface area contributed by atoms with Gasteiger partial charge < -0.3 is 4.74 Å². The standard InChI is InChI=1S/C18H21F2NO2/c1-2-3-4-12-5-7-13(8-6-12)18(22)23-15-10-9-14(11-21)16(19)17(15)20/h9-10,12-13H,2-8H2,1H3. The fourth-order valence-corrected chi connectivity index (χ4v) is 3.07. The van der Waals surface area contributed by atoms with Gasteiger partial charge in [0.2, 0.25) is 5.82 Å². The molecular weight excluding hydrogens is 300 g/mol. The molecular formula is C18H21F2NO2. The summed E-state index contributed by atoms with van der Waals surface area (Å²) in [6.45, 7) is 2.16. The highest BCUT2D eigenvalue weighted by molar-refractivity contribution is 5.75. The van der Waals surface area contributed by atoms with Gasteiger partial charge in [0.25, 0.3) is 0 Å². The minimum absolute atomic E-state index is 0.258. The second-order valence-electron chi connectivity index (χ2n) is 6.13. The molecule has 1 fully saturated rings. The van der Waals surface area contributed by atoms with Crippen LogP contribution in [0.3, 0.4) is 0 Å². The van der Waals surface area contributed by atoms with Crippen molar-refractivity contribution in [1.82, 2.24) is 0 Å². The summed E-state index contributed by atoms with van der Waals surface area (Å²) in [4.78, 5) is 12.1. The van der Waals surface area contributed by atoms with Gasteiger partial charge in [-0.25, -0.2) is 4.39 Å². The largest absolute Gasteiger partial charge is 0.423 e. The van der Waals surface area contributed by atoms with Gasteiger partial charge in [-0.2, -0.15) is 9.65 Å².